The molecule has 0 spiro atoms. The van der Waals surface area contributed by atoms with E-state index in [2.05, 4.69) is 15.2 Å². The molecule has 2 heterocycles. The van der Waals surface area contributed by atoms with Crippen LogP contribution >= 0.6 is 0 Å². The molecule has 2 N–H and O–H groups in total. The molecule has 2 aromatic heterocycles. The highest BCUT2D eigenvalue weighted by atomic mass is 16.4. The topological polar surface area (TPSA) is 78.9 Å². The summed E-state index contributed by atoms with van der Waals surface area (Å²) in [4.78, 5) is 15.2. The number of hydrogen-bond acceptors (Lipinski definition) is 3. The number of H-pyrrole nitrogens is 1. The first-order valence-corrected chi connectivity index (χ1v) is 5.49. The van der Waals surface area contributed by atoms with Crippen LogP contribution in [0.1, 0.15) is 34.8 Å². The van der Waals surface area contributed by atoms with E-state index in [4.69, 9.17) is 0 Å². The Bertz CT molecular complexity index is 558. The molecular weight excluding hydrogens is 218 g/mol. The van der Waals surface area contributed by atoms with Gasteiger partial charge >= 0.3 is 5.97 Å². The summed E-state index contributed by atoms with van der Waals surface area (Å²) in [6.07, 6.45) is 5.34. The van der Waals surface area contributed by atoms with Gasteiger partial charge in [-0.2, -0.15) is 5.10 Å². The van der Waals surface area contributed by atoms with Crippen LogP contribution in [0.15, 0.2) is 24.5 Å². The van der Waals surface area contributed by atoms with Crippen molar-refractivity contribution in [2.24, 2.45) is 0 Å². The molecule has 0 aliphatic heterocycles. The molecule has 1 aliphatic carbocycles. The number of carbonyl (C=O) groups is 1. The first kappa shape index (κ1) is 10.0. The molecule has 0 saturated heterocycles. The van der Waals surface area contributed by atoms with Crippen molar-refractivity contribution < 1.29 is 9.90 Å². The van der Waals surface area contributed by atoms with Gasteiger partial charge in [0.15, 0.2) is 0 Å². The highest BCUT2D eigenvalue weighted by Crippen LogP contribution is 2.42. The van der Waals surface area contributed by atoms with E-state index in [1.54, 1.807) is 24.5 Å². The number of carboxylic acids is 1. The summed E-state index contributed by atoms with van der Waals surface area (Å²) < 4.78 is 0. The minimum absolute atomic E-state index is 0.304. The molecule has 0 bridgehead atoms. The molecule has 17 heavy (non-hydrogen) atoms. The lowest BCUT2D eigenvalue weighted by Gasteiger charge is -1.99. The van der Waals surface area contributed by atoms with E-state index in [0.717, 1.165) is 24.1 Å². The number of rotatable bonds is 3. The van der Waals surface area contributed by atoms with E-state index >= 15 is 0 Å². The normalized spacial score (nSPS) is 14.8. The van der Waals surface area contributed by atoms with E-state index < -0.39 is 5.97 Å². The molecule has 0 unspecified atom stereocenters. The third-order valence-electron chi connectivity index (χ3n) is 2.95. The maximum atomic E-state index is 11.3. The van der Waals surface area contributed by atoms with E-state index in [1.807, 2.05) is 0 Å². The van der Waals surface area contributed by atoms with Gasteiger partial charge in [-0.1, -0.05) is 0 Å². The minimum Gasteiger partial charge on any atom is -0.478 e. The Balaban J connectivity index is 2.14. The standard InChI is InChI=1S/C12H11N3O2/c16-12(17)9-10(7-1-2-7)14-15-11(9)8-3-5-13-6-4-8/h3-7H,1-2H2,(H,14,15)(H,16,17). The number of nitrogens with zero attached hydrogens (tertiary/aromatic N) is 2. The average Bonchev–Trinajstić information content (AvgIpc) is 3.08. The molecule has 2 aromatic rings. The van der Waals surface area contributed by atoms with E-state index in [9.17, 15) is 9.90 Å². The van der Waals surface area contributed by atoms with Crippen LogP contribution in [0, 0.1) is 0 Å². The van der Waals surface area contributed by atoms with Crippen molar-refractivity contribution in [2.75, 3.05) is 0 Å². The summed E-state index contributed by atoms with van der Waals surface area (Å²) in [5, 5.41) is 16.3. The van der Waals surface area contributed by atoms with Gasteiger partial charge in [0.2, 0.25) is 0 Å². The number of aromatic amines is 1. The Morgan fingerprint density at radius 2 is 2.06 bits per heavy atom. The SMILES string of the molecule is O=C(O)c1c(-c2ccncc2)n[nH]c1C1CC1. The fraction of sp³-hybridized carbons (Fsp3) is 0.250. The largest absolute Gasteiger partial charge is 0.478 e. The van der Waals surface area contributed by atoms with Crippen molar-refractivity contribution in [1.82, 2.24) is 15.2 Å². The van der Waals surface area contributed by atoms with Gasteiger partial charge in [0.1, 0.15) is 11.3 Å². The Morgan fingerprint density at radius 3 is 2.65 bits per heavy atom. The number of aromatic nitrogens is 3. The third kappa shape index (κ3) is 1.69. The molecule has 5 heteroatoms. The van der Waals surface area contributed by atoms with Gasteiger partial charge in [-0.25, -0.2) is 4.79 Å². The molecule has 0 amide bonds. The van der Waals surface area contributed by atoms with Crippen LogP contribution in [-0.4, -0.2) is 26.3 Å². The van der Waals surface area contributed by atoms with Gasteiger partial charge in [0.05, 0.1) is 5.69 Å². The molecule has 1 saturated carbocycles. The fourth-order valence-corrected chi connectivity index (χ4v) is 1.96. The fourth-order valence-electron chi connectivity index (χ4n) is 1.96. The van der Waals surface area contributed by atoms with Gasteiger partial charge in [0, 0.05) is 23.9 Å². The first-order chi connectivity index (χ1) is 8.27. The maximum absolute atomic E-state index is 11.3. The highest BCUT2D eigenvalue weighted by molar-refractivity contribution is 5.96. The van der Waals surface area contributed by atoms with E-state index in [-0.39, 0.29) is 0 Å². The molecule has 86 valence electrons. The third-order valence-corrected chi connectivity index (χ3v) is 2.95. The van der Waals surface area contributed by atoms with Gasteiger partial charge in [-0.05, 0) is 25.0 Å². The van der Waals surface area contributed by atoms with Crippen molar-refractivity contribution in [3.63, 3.8) is 0 Å². The quantitative estimate of drug-likeness (QED) is 0.844. The van der Waals surface area contributed by atoms with Crippen LogP contribution in [0.25, 0.3) is 11.3 Å². The number of carboxylic acid groups (broad SMARTS) is 1. The van der Waals surface area contributed by atoms with Crippen LogP contribution in [0.3, 0.4) is 0 Å². The average molecular weight is 229 g/mol. The van der Waals surface area contributed by atoms with Crippen LogP contribution in [0.5, 0.6) is 0 Å². The number of hydrogen-bond donors (Lipinski definition) is 2. The summed E-state index contributed by atoms with van der Waals surface area (Å²) in [6.45, 7) is 0. The van der Waals surface area contributed by atoms with Crippen molar-refractivity contribution in [2.45, 2.75) is 18.8 Å². The minimum atomic E-state index is -0.924. The van der Waals surface area contributed by atoms with E-state index in [1.165, 1.54) is 0 Å². The predicted molar refractivity (Wildman–Crippen MR) is 60.8 cm³/mol. The molecule has 0 aromatic carbocycles. The predicted octanol–water partition coefficient (Wildman–Crippen LogP) is 2.05. The van der Waals surface area contributed by atoms with Gasteiger partial charge in [0.25, 0.3) is 0 Å². The lowest BCUT2D eigenvalue weighted by atomic mass is 10.1. The molecule has 0 atom stereocenters. The van der Waals surface area contributed by atoms with Gasteiger partial charge in [-0.3, -0.25) is 10.1 Å². The molecule has 3 rings (SSSR count). The molecule has 5 nitrogen and oxygen atoms in total. The number of aromatic carboxylic acids is 1. The Morgan fingerprint density at radius 1 is 1.35 bits per heavy atom. The zero-order valence-electron chi connectivity index (χ0n) is 9.05. The summed E-state index contributed by atoms with van der Waals surface area (Å²) >= 11 is 0. The maximum Gasteiger partial charge on any atom is 0.339 e. The Labute approximate surface area is 97.5 Å². The Kier molecular flexibility index (Phi) is 2.18. The monoisotopic (exact) mass is 229 g/mol. The second-order valence-corrected chi connectivity index (χ2v) is 4.18. The summed E-state index contributed by atoms with van der Waals surface area (Å²) in [5.74, 6) is -0.586. The lowest BCUT2D eigenvalue weighted by Crippen LogP contribution is -2.01. The number of nitrogens with one attached hydrogen (secondary N) is 1. The molecular formula is C12H11N3O2. The molecule has 1 aliphatic rings. The Hall–Kier alpha value is -2.17. The summed E-state index contributed by atoms with van der Waals surface area (Å²) in [5.41, 5.74) is 2.34. The number of pyridine rings is 1. The second kappa shape index (κ2) is 3.69. The van der Waals surface area contributed by atoms with Crippen molar-refractivity contribution in [1.29, 1.82) is 0 Å². The van der Waals surface area contributed by atoms with E-state index in [0.29, 0.717) is 17.2 Å². The zero-order valence-corrected chi connectivity index (χ0v) is 9.05. The summed E-state index contributed by atoms with van der Waals surface area (Å²) in [6, 6.07) is 3.53. The molecule has 1 fully saturated rings. The van der Waals surface area contributed by atoms with Gasteiger partial charge in [-0.15, -0.1) is 0 Å². The van der Waals surface area contributed by atoms with Crippen molar-refractivity contribution in [3.05, 3.63) is 35.8 Å². The van der Waals surface area contributed by atoms with Crippen molar-refractivity contribution >= 4 is 5.97 Å². The lowest BCUT2D eigenvalue weighted by molar-refractivity contribution is 0.0696. The first-order valence-electron chi connectivity index (χ1n) is 5.49. The van der Waals surface area contributed by atoms with Crippen LogP contribution in [-0.2, 0) is 0 Å². The highest BCUT2D eigenvalue weighted by Gasteiger charge is 2.32. The second-order valence-electron chi connectivity index (χ2n) is 4.18. The van der Waals surface area contributed by atoms with Crippen LogP contribution in [0.2, 0.25) is 0 Å². The smallest absolute Gasteiger partial charge is 0.339 e. The molecule has 0 radical (unpaired) electrons. The van der Waals surface area contributed by atoms with Crippen molar-refractivity contribution in [3.8, 4) is 11.3 Å². The summed E-state index contributed by atoms with van der Waals surface area (Å²) in [7, 11) is 0. The van der Waals surface area contributed by atoms with Crippen LogP contribution in [0.4, 0.5) is 0 Å². The zero-order chi connectivity index (χ0) is 11.8. The van der Waals surface area contributed by atoms with Gasteiger partial charge < -0.3 is 5.11 Å². The van der Waals surface area contributed by atoms with Crippen LogP contribution < -0.4 is 0 Å².